The second kappa shape index (κ2) is 12.1. The van der Waals surface area contributed by atoms with E-state index in [-0.39, 0.29) is 23.4 Å². The van der Waals surface area contributed by atoms with Crippen LogP contribution >= 0.6 is 0 Å². The Morgan fingerprint density at radius 3 is 2.11 bits per heavy atom. The first-order valence-corrected chi connectivity index (χ1v) is 15.5. The highest BCUT2D eigenvalue weighted by Crippen LogP contribution is 2.42. The third-order valence-corrected chi connectivity index (χ3v) is 8.74. The zero-order valence-electron chi connectivity index (χ0n) is 25.7. The summed E-state index contributed by atoms with van der Waals surface area (Å²) in [6.07, 6.45) is 6.52. The Kier molecular flexibility index (Phi) is 10.3. The molecule has 0 spiro atoms. The van der Waals surface area contributed by atoms with Gasteiger partial charge in [0.05, 0.1) is 10.8 Å². The van der Waals surface area contributed by atoms with Gasteiger partial charge in [0.2, 0.25) is 10.0 Å². The van der Waals surface area contributed by atoms with E-state index in [0.29, 0.717) is 23.3 Å². The monoisotopic (exact) mass is 549 g/mol. The zero-order valence-corrected chi connectivity index (χ0v) is 26.6. The molecule has 0 unspecified atom stereocenters. The molecule has 1 aliphatic rings. The van der Waals surface area contributed by atoms with Gasteiger partial charge >= 0.3 is 5.97 Å². The van der Waals surface area contributed by atoms with E-state index in [4.69, 9.17) is 9.47 Å². The van der Waals surface area contributed by atoms with E-state index in [1.807, 2.05) is 53.7 Å². The number of esters is 1. The Hall–Kier alpha value is -1.86. The second-order valence-corrected chi connectivity index (χ2v) is 15.0. The van der Waals surface area contributed by atoms with Gasteiger partial charge in [0.15, 0.2) is 0 Å². The number of ether oxygens (including phenoxy) is 2. The molecule has 0 aliphatic carbocycles. The molecule has 7 heteroatoms. The summed E-state index contributed by atoms with van der Waals surface area (Å²) in [7, 11) is -3.84. The predicted octanol–water partition coefficient (Wildman–Crippen LogP) is 6.97. The molecule has 6 nitrogen and oxygen atoms in total. The van der Waals surface area contributed by atoms with Gasteiger partial charge in [-0.25, -0.2) is 13.1 Å². The van der Waals surface area contributed by atoms with Crippen LogP contribution in [0.5, 0.6) is 5.75 Å². The molecule has 0 radical (unpaired) electrons. The van der Waals surface area contributed by atoms with E-state index in [1.165, 1.54) is 0 Å². The van der Waals surface area contributed by atoms with E-state index in [1.54, 1.807) is 0 Å². The number of carbonyl (C=O) groups is 1. The van der Waals surface area contributed by atoms with E-state index in [2.05, 4.69) is 46.3 Å². The van der Waals surface area contributed by atoms with Crippen LogP contribution in [-0.4, -0.2) is 31.6 Å². The number of rotatable bonds is 10. The quantitative estimate of drug-likeness (QED) is 0.252. The van der Waals surface area contributed by atoms with Crippen molar-refractivity contribution in [1.29, 1.82) is 0 Å². The van der Waals surface area contributed by atoms with Crippen LogP contribution in [0.4, 0.5) is 0 Å². The summed E-state index contributed by atoms with van der Waals surface area (Å²) in [5, 5.41) is 0. The topological polar surface area (TPSA) is 81.7 Å². The third-order valence-electron chi connectivity index (χ3n) is 6.98. The fourth-order valence-electron chi connectivity index (χ4n) is 5.09. The Bertz CT molecular complexity index is 1140. The highest BCUT2D eigenvalue weighted by molar-refractivity contribution is 7.89. The summed E-state index contributed by atoms with van der Waals surface area (Å²) in [6.45, 7) is 23.6. The lowest BCUT2D eigenvalue weighted by atomic mass is 9.88. The maximum atomic E-state index is 13.9. The summed E-state index contributed by atoms with van der Waals surface area (Å²) in [5.41, 5.74) is 2.46. The fraction of sp³-hybridized carbons (Fsp3) is 0.710. The van der Waals surface area contributed by atoms with E-state index < -0.39 is 27.6 Å². The largest absolute Gasteiger partial charge is 0.487 e. The lowest BCUT2D eigenvalue weighted by Gasteiger charge is -2.35. The molecule has 1 N–H and O–H groups in total. The normalized spacial score (nSPS) is 17.4. The lowest BCUT2D eigenvalue weighted by molar-refractivity contribution is -0.158. The molecular weight excluding hydrogens is 498 g/mol. The number of benzene rings is 1. The van der Waals surface area contributed by atoms with Gasteiger partial charge in [-0.05, 0) is 115 Å². The van der Waals surface area contributed by atoms with Crippen molar-refractivity contribution in [3.63, 3.8) is 0 Å². The van der Waals surface area contributed by atoms with Crippen LogP contribution in [0, 0.1) is 38.5 Å². The fourth-order valence-corrected chi connectivity index (χ4v) is 6.86. The van der Waals surface area contributed by atoms with Gasteiger partial charge in [-0.15, -0.1) is 0 Å². The van der Waals surface area contributed by atoms with Gasteiger partial charge < -0.3 is 9.47 Å². The Morgan fingerprint density at radius 2 is 1.58 bits per heavy atom. The van der Waals surface area contributed by atoms with Gasteiger partial charge in [0.1, 0.15) is 17.0 Å². The van der Waals surface area contributed by atoms with Gasteiger partial charge in [0.25, 0.3) is 0 Å². The predicted molar refractivity (Wildman–Crippen MR) is 155 cm³/mol. The molecule has 2 rings (SSSR count). The smallest absolute Gasteiger partial charge is 0.313 e. The van der Waals surface area contributed by atoms with Crippen molar-refractivity contribution in [2.75, 3.05) is 0 Å². The van der Waals surface area contributed by atoms with Crippen molar-refractivity contribution < 1.29 is 22.7 Å². The molecule has 2 atom stereocenters. The van der Waals surface area contributed by atoms with Crippen LogP contribution in [0.25, 0.3) is 0 Å². The first-order valence-electron chi connectivity index (χ1n) is 14.0. The average molecular weight is 550 g/mol. The number of nitrogens with one attached hydrogen (secondary N) is 1. The molecule has 0 saturated heterocycles. The van der Waals surface area contributed by atoms with Crippen molar-refractivity contribution in [2.45, 2.75) is 131 Å². The number of fused-ring (bicyclic) bond motifs is 1. The third kappa shape index (κ3) is 8.57. The highest BCUT2D eigenvalue weighted by Gasteiger charge is 2.34. The Balaban J connectivity index is 2.45. The molecular formula is C31H51NO5S. The molecule has 38 heavy (non-hydrogen) atoms. The first kappa shape index (κ1) is 32.4. The molecule has 216 valence electrons. The molecule has 1 aliphatic heterocycles. The standard InChI is InChI=1S/C31H51NO5S/c1-19(2)17-24(29(33)37-30(8,9)10)13-14-25(18-20(3)4)32-38(34,35)28-22(6)21(5)27-26(23(28)7)15-16-31(11,12)36-27/h13-14,19-20,24-25,32H,15-18H2,1-12H3/b14-13+/t24-,25+/m0/s1. The van der Waals surface area contributed by atoms with Crippen LogP contribution in [0.15, 0.2) is 17.0 Å². The van der Waals surface area contributed by atoms with Crippen LogP contribution < -0.4 is 9.46 Å². The molecule has 1 aromatic rings. The summed E-state index contributed by atoms with van der Waals surface area (Å²) in [5.74, 6) is 0.633. The maximum absolute atomic E-state index is 13.9. The Labute approximate surface area is 232 Å². The number of hydrogen-bond acceptors (Lipinski definition) is 5. The summed E-state index contributed by atoms with van der Waals surface area (Å²) in [4.78, 5) is 13.3. The molecule has 0 amide bonds. The summed E-state index contributed by atoms with van der Waals surface area (Å²) < 4.78 is 42.7. The van der Waals surface area contributed by atoms with Crippen LogP contribution in [0.2, 0.25) is 0 Å². The number of hydrogen-bond donors (Lipinski definition) is 1. The van der Waals surface area contributed by atoms with E-state index in [0.717, 1.165) is 35.3 Å². The van der Waals surface area contributed by atoms with E-state index in [9.17, 15) is 13.2 Å². The number of carbonyl (C=O) groups excluding carboxylic acids is 1. The van der Waals surface area contributed by atoms with E-state index >= 15 is 0 Å². The van der Waals surface area contributed by atoms with Crippen molar-refractivity contribution >= 4 is 16.0 Å². The minimum absolute atomic E-state index is 0.250. The highest BCUT2D eigenvalue weighted by atomic mass is 32.2. The van der Waals surface area contributed by atoms with Crippen molar-refractivity contribution in [2.24, 2.45) is 17.8 Å². The first-order chi connectivity index (χ1) is 17.2. The Morgan fingerprint density at radius 1 is 1.00 bits per heavy atom. The van der Waals surface area contributed by atoms with Crippen molar-refractivity contribution in [3.8, 4) is 5.75 Å². The number of sulfonamides is 1. The van der Waals surface area contributed by atoms with Crippen molar-refractivity contribution in [1.82, 2.24) is 4.72 Å². The van der Waals surface area contributed by atoms with Gasteiger partial charge in [-0.1, -0.05) is 39.8 Å². The molecule has 0 fully saturated rings. The van der Waals surface area contributed by atoms with Gasteiger partial charge in [-0.2, -0.15) is 0 Å². The van der Waals surface area contributed by atoms with Crippen LogP contribution in [0.3, 0.4) is 0 Å². The summed E-state index contributed by atoms with van der Waals surface area (Å²) >= 11 is 0. The molecule has 1 heterocycles. The molecule has 0 aromatic heterocycles. The maximum Gasteiger partial charge on any atom is 0.313 e. The molecule has 0 saturated carbocycles. The lowest BCUT2D eigenvalue weighted by Crippen LogP contribution is -2.37. The minimum Gasteiger partial charge on any atom is -0.487 e. The van der Waals surface area contributed by atoms with Gasteiger partial charge in [0, 0.05) is 6.04 Å². The minimum atomic E-state index is -3.84. The molecule has 0 bridgehead atoms. The second-order valence-electron chi connectivity index (χ2n) is 13.4. The average Bonchev–Trinajstić information content (AvgIpc) is 2.71. The zero-order chi connectivity index (χ0) is 29.2. The van der Waals surface area contributed by atoms with Crippen LogP contribution in [0.1, 0.15) is 104 Å². The SMILES string of the molecule is Cc1c(C)c(S(=O)(=O)N[C@H](/C=C/[C@@H](CC(C)C)C(=O)OC(C)(C)C)CC(C)C)c(C)c2c1OC(C)(C)CC2. The summed E-state index contributed by atoms with van der Waals surface area (Å²) in [6, 6.07) is -0.456. The molecule has 1 aromatic carbocycles. The van der Waals surface area contributed by atoms with Crippen LogP contribution in [-0.2, 0) is 26.0 Å². The van der Waals surface area contributed by atoms with Crippen molar-refractivity contribution in [3.05, 3.63) is 34.4 Å². The van der Waals surface area contributed by atoms with Gasteiger partial charge in [-0.3, -0.25) is 4.79 Å².